The van der Waals surface area contributed by atoms with Crippen LogP contribution in [0.5, 0.6) is 0 Å². The number of carbonyl (C=O) groups excluding carboxylic acids is 2. The molecule has 1 aliphatic rings. The van der Waals surface area contributed by atoms with Crippen LogP contribution in [0.15, 0.2) is 36.4 Å². The van der Waals surface area contributed by atoms with E-state index >= 15 is 0 Å². The van der Waals surface area contributed by atoms with Crippen molar-refractivity contribution >= 4 is 53.1 Å². The van der Waals surface area contributed by atoms with Crippen LogP contribution in [0.4, 0.5) is 22.0 Å². The Hall–Kier alpha value is -2.35. The summed E-state index contributed by atoms with van der Waals surface area (Å²) in [4.78, 5) is 34.0. The number of nitrogens with zero attached hydrogens (tertiary/aromatic N) is 3. The second kappa shape index (κ2) is 11.0. The minimum Gasteiger partial charge on any atom is -0.315 e. The number of anilines is 3. The first kappa shape index (κ1) is 25.9. The van der Waals surface area contributed by atoms with Gasteiger partial charge in [-0.3, -0.25) is 9.69 Å². The summed E-state index contributed by atoms with van der Waals surface area (Å²) in [6.07, 6.45) is 0.881. The summed E-state index contributed by atoms with van der Waals surface area (Å²) in [5.41, 5.74) is 2.17. The van der Waals surface area contributed by atoms with Crippen LogP contribution < -0.4 is 15.5 Å². The lowest BCUT2D eigenvalue weighted by molar-refractivity contribution is -0.117. The van der Waals surface area contributed by atoms with Crippen LogP contribution in [0.1, 0.15) is 39.8 Å². The molecule has 3 rings (SSSR count). The van der Waals surface area contributed by atoms with Crippen LogP contribution in [0, 0.1) is 5.92 Å². The average molecular weight is 480 g/mol. The first-order chi connectivity index (χ1) is 14.7. The molecule has 32 heavy (non-hydrogen) atoms. The number of pyridine rings is 1. The van der Waals surface area contributed by atoms with Gasteiger partial charge in [0.25, 0.3) is 0 Å². The van der Waals surface area contributed by atoms with E-state index in [1.54, 1.807) is 37.1 Å². The Morgan fingerprint density at radius 1 is 1.12 bits per heavy atom. The third-order valence-electron chi connectivity index (χ3n) is 5.46. The Morgan fingerprint density at radius 2 is 1.78 bits per heavy atom. The van der Waals surface area contributed by atoms with Gasteiger partial charge >= 0.3 is 6.03 Å². The van der Waals surface area contributed by atoms with Crippen LogP contribution in [0.3, 0.4) is 0 Å². The number of likely N-dealkylation sites (N-methyl/N-ethyl adjacent to an activating group) is 1. The van der Waals surface area contributed by atoms with Crippen molar-refractivity contribution in [1.29, 1.82) is 0 Å². The SMILES string of the molecule is CNC(C)C(=O)Nc1ccc2c(n1)CN([C@@H](C)CC(C)C)C(=O)N2c1ccc(Cl)cc1.Cl. The van der Waals surface area contributed by atoms with Crippen LogP contribution >= 0.6 is 24.0 Å². The molecule has 1 unspecified atom stereocenters. The largest absolute Gasteiger partial charge is 0.329 e. The van der Waals surface area contributed by atoms with E-state index < -0.39 is 0 Å². The second-order valence-electron chi connectivity index (χ2n) is 8.36. The standard InChI is InChI=1S/C23H30ClN5O2.ClH/c1-14(2)12-15(3)28-13-19-20(10-11-21(26-19)27-22(30)16(4)25-5)29(23(28)31)18-8-6-17(24)7-9-18;/h6-11,14-16,25H,12-13H2,1-5H3,(H,26,27,30);1H/t15-,16?;/m0./s1. The highest BCUT2D eigenvalue weighted by Gasteiger charge is 2.35. The molecule has 9 heteroatoms. The van der Waals surface area contributed by atoms with Gasteiger partial charge < -0.3 is 15.5 Å². The monoisotopic (exact) mass is 479 g/mol. The number of nitrogens with one attached hydrogen (secondary N) is 2. The van der Waals surface area contributed by atoms with E-state index in [2.05, 4.69) is 36.4 Å². The lowest BCUT2D eigenvalue weighted by Gasteiger charge is -2.40. The minimum atomic E-state index is -0.340. The normalized spacial score (nSPS) is 15.2. The maximum atomic E-state index is 13.5. The molecule has 7 nitrogen and oxygen atoms in total. The van der Waals surface area contributed by atoms with Crippen molar-refractivity contribution in [3.05, 3.63) is 47.1 Å². The van der Waals surface area contributed by atoms with E-state index in [0.717, 1.165) is 17.8 Å². The molecule has 2 heterocycles. The lowest BCUT2D eigenvalue weighted by atomic mass is 10.0. The second-order valence-corrected chi connectivity index (χ2v) is 8.80. The molecular formula is C23H31Cl2N5O2. The molecule has 1 aromatic carbocycles. The maximum Gasteiger partial charge on any atom is 0.329 e. The molecular weight excluding hydrogens is 449 g/mol. The van der Waals surface area contributed by atoms with Gasteiger partial charge in [0.15, 0.2) is 0 Å². The zero-order chi connectivity index (χ0) is 22.7. The summed E-state index contributed by atoms with van der Waals surface area (Å²) < 4.78 is 0. The van der Waals surface area contributed by atoms with Crippen LogP contribution in [-0.2, 0) is 11.3 Å². The van der Waals surface area contributed by atoms with E-state index in [9.17, 15) is 9.59 Å². The van der Waals surface area contributed by atoms with Crippen molar-refractivity contribution < 1.29 is 9.59 Å². The fourth-order valence-electron chi connectivity index (χ4n) is 3.70. The molecule has 1 aromatic heterocycles. The van der Waals surface area contributed by atoms with Gasteiger partial charge in [-0.2, -0.15) is 0 Å². The molecule has 0 fully saturated rings. The van der Waals surface area contributed by atoms with E-state index in [-0.39, 0.29) is 36.4 Å². The summed E-state index contributed by atoms with van der Waals surface area (Å²) in [6.45, 7) is 8.51. The van der Waals surface area contributed by atoms with E-state index in [0.29, 0.717) is 29.0 Å². The number of hydrogen-bond acceptors (Lipinski definition) is 4. The van der Waals surface area contributed by atoms with Crippen LogP contribution in [0.25, 0.3) is 0 Å². The lowest BCUT2D eigenvalue weighted by Crippen LogP contribution is -2.49. The molecule has 2 N–H and O–H groups in total. The summed E-state index contributed by atoms with van der Waals surface area (Å²) >= 11 is 6.06. The Balaban J connectivity index is 0.00000363. The first-order valence-corrected chi connectivity index (χ1v) is 10.9. The van der Waals surface area contributed by atoms with Gasteiger partial charge in [0.05, 0.1) is 29.7 Å². The Morgan fingerprint density at radius 3 is 2.38 bits per heavy atom. The van der Waals surface area contributed by atoms with Gasteiger partial charge in [0.1, 0.15) is 5.82 Å². The third kappa shape index (κ3) is 5.71. The molecule has 2 aromatic rings. The van der Waals surface area contributed by atoms with Gasteiger partial charge in [0, 0.05) is 11.1 Å². The molecule has 0 saturated heterocycles. The Kier molecular flexibility index (Phi) is 8.89. The van der Waals surface area contributed by atoms with Crippen LogP contribution in [-0.4, -0.2) is 41.0 Å². The smallest absolute Gasteiger partial charge is 0.315 e. The summed E-state index contributed by atoms with van der Waals surface area (Å²) in [5, 5.41) is 6.36. The van der Waals surface area contributed by atoms with Gasteiger partial charge in [-0.1, -0.05) is 25.4 Å². The zero-order valence-corrected chi connectivity index (χ0v) is 20.6. The Labute approximate surface area is 200 Å². The molecule has 174 valence electrons. The van der Waals surface area contributed by atoms with Crippen LogP contribution in [0.2, 0.25) is 5.02 Å². The molecule has 0 aliphatic carbocycles. The predicted octanol–water partition coefficient (Wildman–Crippen LogP) is 5.21. The summed E-state index contributed by atoms with van der Waals surface area (Å²) in [6, 6.07) is 10.3. The number of hydrogen-bond donors (Lipinski definition) is 2. The van der Waals surface area contributed by atoms with Crippen molar-refractivity contribution in [3.63, 3.8) is 0 Å². The summed E-state index contributed by atoms with van der Waals surface area (Å²) in [7, 11) is 1.73. The van der Waals surface area contributed by atoms with Crippen molar-refractivity contribution in [3.8, 4) is 0 Å². The molecule has 1 aliphatic heterocycles. The minimum absolute atomic E-state index is 0. The molecule has 2 atom stereocenters. The number of amides is 3. The number of halogens is 2. The highest BCUT2D eigenvalue weighted by molar-refractivity contribution is 6.30. The Bertz CT molecular complexity index is 952. The molecule has 0 bridgehead atoms. The van der Waals surface area contributed by atoms with Gasteiger partial charge in [0.2, 0.25) is 5.91 Å². The zero-order valence-electron chi connectivity index (χ0n) is 19.1. The maximum absolute atomic E-state index is 13.5. The molecule has 3 amide bonds. The number of fused-ring (bicyclic) bond motifs is 1. The average Bonchev–Trinajstić information content (AvgIpc) is 2.73. The number of aromatic nitrogens is 1. The fourth-order valence-corrected chi connectivity index (χ4v) is 3.83. The van der Waals surface area contributed by atoms with Crippen molar-refractivity contribution in [2.45, 2.75) is 52.7 Å². The van der Waals surface area contributed by atoms with E-state index in [1.807, 2.05) is 23.1 Å². The number of urea groups is 1. The van der Waals surface area contributed by atoms with Crippen molar-refractivity contribution in [2.75, 3.05) is 17.3 Å². The molecule has 0 radical (unpaired) electrons. The summed E-state index contributed by atoms with van der Waals surface area (Å²) in [5.74, 6) is 0.754. The third-order valence-corrected chi connectivity index (χ3v) is 5.71. The topological polar surface area (TPSA) is 77.6 Å². The molecule has 0 spiro atoms. The van der Waals surface area contributed by atoms with E-state index in [4.69, 9.17) is 11.6 Å². The van der Waals surface area contributed by atoms with Gasteiger partial charge in [-0.25, -0.2) is 9.78 Å². The van der Waals surface area contributed by atoms with E-state index in [1.165, 1.54) is 0 Å². The van der Waals surface area contributed by atoms with Gasteiger partial charge in [-0.15, -0.1) is 12.4 Å². The number of benzene rings is 1. The number of carbonyl (C=O) groups is 2. The van der Waals surface area contributed by atoms with Crippen molar-refractivity contribution in [1.82, 2.24) is 15.2 Å². The number of rotatable bonds is 7. The van der Waals surface area contributed by atoms with Crippen molar-refractivity contribution in [2.24, 2.45) is 5.92 Å². The quantitative estimate of drug-likeness (QED) is 0.570. The van der Waals surface area contributed by atoms with Gasteiger partial charge in [-0.05, 0) is 69.6 Å². The highest BCUT2D eigenvalue weighted by atomic mass is 35.5. The first-order valence-electron chi connectivity index (χ1n) is 10.6. The molecule has 0 saturated carbocycles. The fraction of sp³-hybridized carbons (Fsp3) is 0.435. The highest BCUT2D eigenvalue weighted by Crippen LogP contribution is 2.36. The predicted molar refractivity (Wildman–Crippen MR) is 132 cm³/mol.